The topological polar surface area (TPSA) is 84.7 Å². The van der Waals surface area contributed by atoms with Gasteiger partial charge in [-0.25, -0.2) is 8.42 Å². The van der Waals surface area contributed by atoms with Crippen molar-refractivity contribution in [2.45, 2.75) is 38.7 Å². The minimum atomic E-state index is -3.22. The molecule has 0 radical (unpaired) electrons. The van der Waals surface area contributed by atoms with Crippen molar-refractivity contribution in [1.29, 1.82) is 0 Å². The summed E-state index contributed by atoms with van der Waals surface area (Å²) in [6.45, 7) is 3.73. The minimum Gasteiger partial charge on any atom is -0.483 e. The van der Waals surface area contributed by atoms with Crippen LogP contribution in [0.1, 0.15) is 31.2 Å². The van der Waals surface area contributed by atoms with E-state index in [-0.39, 0.29) is 11.7 Å². The van der Waals surface area contributed by atoms with E-state index >= 15 is 0 Å². The number of anilines is 1. The van der Waals surface area contributed by atoms with E-state index in [0.29, 0.717) is 43.3 Å². The molecule has 1 saturated heterocycles. The fraction of sp³-hybridized carbons (Fsp3) is 0.524. The number of aryl methyl sites for hydroxylation is 1. The molecule has 2 aromatic rings. The summed E-state index contributed by atoms with van der Waals surface area (Å²) in [6.07, 6.45) is 7.00. The summed E-state index contributed by atoms with van der Waals surface area (Å²) in [5.74, 6) is 0.310. The second kappa shape index (κ2) is 8.39. The Hall–Kier alpha value is -2.39. The first-order valence-electron chi connectivity index (χ1n) is 10.4. The summed E-state index contributed by atoms with van der Waals surface area (Å²) < 4.78 is 32.7. The van der Waals surface area contributed by atoms with Crippen molar-refractivity contribution in [3.05, 3.63) is 46.4 Å². The van der Waals surface area contributed by atoms with E-state index in [1.165, 1.54) is 15.2 Å². The molecule has 1 aliphatic carbocycles. The highest BCUT2D eigenvalue weighted by molar-refractivity contribution is 7.88. The molecule has 0 atom stereocenters. The van der Waals surface area contributed by atoms with Crippen LogP contribution in [0.25, 0.3) is 5.69 Å². The molecule has 2 heterocycles. The molecular weight excluding hydrogens is 404 g/mol. The van der Waals surface area contributed by atoms with Crippen LogP contribution in [0.3, 0.4) is 0 Å². The molecule has 4 rings (SSSR count). The second-order valence-electron chi connectivity index (χ2n) is 8.08. The Morgan fingerprint density at radius 3 is 2.27 bits per heavy atom. The summed E-state index contributed by atoms with van der Waals surface area (Å²) in [6, 6.07) is 7.62. The first-order valence-corrected chi connectivity index (χ1v) is 12.2. The predicted molar refractivity (Wildman–Crippen MR) is 116 cm³/mol. The zero-order valence-electron chi connectivity index (χ0n) is 17.5. The summed E-state index contributed by atoms with van der Waals surface area (Å²) in [5.41, 5.74) is 2.15. The lowest BCUT2D eigenvalue weighted by molar-refractivity contribution is 0.205. The average Bonchev–Trinajstić information content (AvgIpc) is 3.23. The van der Waals surface area contributed by atoms with Crippen LogP contribution in [0.2, 0.25) is 0 Å². The van der Waals surface area contributed by atoms with Crippen molar-refractivity contribution in [2.75, 3.05) is 37.3 Å². The molecule has 1 aromatic heterocycles. The number of rotatable bonds is 5. The lowest BCUT2D eigenvalue weighted by atomic mass is 10.2. The van der Waals surface area contributed by atoms with Crippen molar-refractivity contribution in [1.82, 2.24) is 14.1 Å². The molecule has 1 aliphatic heterocycles. The van der Waals surface area contributed by atoms with Gasteiger partial charge in [0.2, 0.25) is 15.8 Å². The van der Waals surface area contributed by atoms with Gasteiger partial charge in [0.05, 0.1) is 24.2 Å². The van der Waals surface area contributed by atoms with E-state index < -0.39 is 10.0 Å². The normalized spacial score (nSPS) is 18.7. The number of ether oxygens (including phenoxy) is 1. The minimum absolute atomic E-state index is 0.0302. The highest BCUT2D eigenvalue weighted by atomic mass is 32.2. The molecule has 162 valence electrons. The van der Waals surface area contributed by atoms with Crippen LogP contribution in [-0.2, 0) is 10.0 Å². The summed E-state index contributed by atoms with van der Waals surface area (Å²) in [7, 11) is -3.22. The van der Waals surface area contributed by atoms with E-state index in [0.717, 1.165) is 31.2 Å². The highest BCUT2D eigenvalue weighted by Gasteiger charge is 2.28. The van der Waals surface area contributed by atoms with Gasteiger partial charge in [-0.05, 0) is 44.7 Å². The van der Waals surface area contributed by atoms with Gasteiger partial charge in [-0.1, -0.05) is 17.7 Å². The smallest absolute Gasteiger partial charge is 0.316 e. The third-order valence-corrected chi connectivity index (χ3v) is 7.13. The number of hydrogen-bond donors (Lipinski definition) is 0. The zero-order chi connectivity index (χ0) is 21.3. The van der Waals surface area contributed by atoms with Crippen LogP contribution in [0.5, 0.6) is 5.75 Å². The van der Waals surface area contributed by atoms with Gasteiger partial charge in [-0.2, -0.15) is 14.1 Å². The van der Waals surface area contributed by atoms with Crippen LogP contribution < -0.4 is 15.2 Å². The Labute approximate surface area is 177 Å². The number of benzene rings is 1. The Morgan fingerprint density at radius 2 is 1.67 bits per heavy atom. The SMILES string of the molecule is Cc1ccc(-n2ncc(N3CCN(S(C)(=O)=O)CC3)c(OC3CCCC3)c2=O)cc1. The van der Waals surface area contributed by atoms with Gasteiger partial charge in [0.1, 0.15) is 5.69 Å². The number of aromatic nitrogens is 2. The fourth-order valence-corrected chi connectivity index (χ4v) is 4.90. The average molecular weight is 433 g/mol. The molecule has 30 heavy (non-hydrogen) atoms. The van der Waals surface area contributed by atoms with E-state index in [2.05, 4.69) is 5.10 Å². The molecule has 2 aliphatic rings. The van der Waals surface area contributed by atoms with Crippen molar-refractivity contribution in [3.8, 4) is 11.4 Å². The van der Waals surface area contributed by atoms with Gasteiger partial charge in [0.25, 0.3) is 0 Å². The van der Waals surface area contributed by atoms with Gasteiger partial charge < -0.3 is 9.64 Å². The van der Waals surface area contributed by atoms with Crippen molar-refractivity contribution in [3.63, 3.8) is 0 Å². The van der Waals surface area contributed by atoms with Gasteiger partial charge in [0, 0.05) is 26.2 Å². The van der Waals surface area contributed by atoms with Crippen LogP contribution in [0.4, 0.5) is 5.69 Å². The number of sulfonamides is 1. The zero-order valence-corrected chi connectivity index (χ0v) is 18.3. The summed E-state index contributed by atoms with van der Waals surface area (Å²) >= 11 is 0. The molecule has 0 amide bonds. The molecule has 2 fully saturated rings. The van der Waals surface area contributed by atoms with Gasteiger partial charge in [-0.15, -0.1) is 0 Å². The molecule has 0 N–H and O–H groups in total. The summed E-state index contributed by atoms with van der Waals surface area (Å²) in [5, 5.41) is 4.41. The maximum Gasteiger partial charge on any atom is 0.316 e. The quantitative estimate of drug-likeness (QED) is 0.718. The maximum atomic E-state index is 13.4. The fourth-order valence-electron chi connectivity index (χ4n) is 4.07. The van der Waals surface area contributed by atoms with Gasteiger partial charge in [0.15, 0.2) is 0 Å². The van der Waals surface area contributed by atoms with Crippen molar-refractivity contribution in [2.24, 2.45) is 0 Å². The molecule has 1 aromatic carbocycles. The monoisotopic (exact) mass is 432 g/mol. The molecule has 1 saturated carbocycles. The molecule has 0 unspecified atom stereocenters. The first-order chi connectivity index (χ1) is 14.3. The molecule has 0 spiro atoms. The Balaban J connectivity index is 1.68. The molecule has 9 heteroatoms. The van der Waals surface area contributed by atoms with Gasteiger partial charge in [-0.3, -0.25) is 4.79 Å². The number of hydrogen-bond acceptors (Lipinski definition) is 6. The van der Waals surface area contributed by atoms with Crippen LogP contribution in [0.15, 0.2) is 35.3 Å². The van der Waals surface area contributed by atoms with Crippen molar-refractivity contribution >= 4 is 15.7 Å². The first kappa shape index (κ1) is 20.9. The van der Waals surface area contributed by atoms with Crippen LogP contribution in [-0.4, -0.2) is 61.0 Å². The lowest BCUT2D eigenvalue weighted by Gasteiger charge is -2.35. The van der Waals surface area contributed by atoms with E-state index in [1.807, 2.05) is 36.1 Å². The van der Waals surface area contributed by atoms with Crippen molar-refractivity contribution < 1.29 is 13.2 Å². The molecule has 0 bridgehead atoms. The van der Waals surface area contributed by atoms with Gasteiger partial charge >= 0.3 is 5.56 Å². The van der Waals surface area contributed by atoms with E-state index in [9.17, 15) is 13.2 Å². The molecular formula is C21H28N4O4S. The lowest BCUT2D eigenvalue weighted by Crippen LogP contribution is -2.49. The number of piperazine rings is 1. The highest BCUT2D eigenvalue weighted by Crippen LogP contribution is 2.30. The third-order valence-electron chi connectivity index (χ3n) is 5.83. The third kappa shape index (κ3) is 4.37. The van der Waals surface area contributed by atoms with Crippen LogP contribution >= 0.6 is 0 Å². The number of nitrogens with zero attached hydrogens (tertiary/aromatic N) is 4. The molecule has 8 nitrogen and oxygen atoms in total. The van der Waals surface area contributed by atoms with E-state index in [1.54, 1.807) is 6.20 Å². The maximum absolute atomic E-state index is 13.4. The largest absolute Gasteiger partial charge is 0.483 e. The Bertz CT molecular complexity index is 1050. The predicted octanol–water partition coefficient (Wildman–Crippen LogP) is 1.94. The second-order valence-corrected chi connectivity index (χ2v) is 10.1. The van der Waals surface area contributed by atoms with E-state index in [4.69, 9.17) is 4.74 Å². The van der Waals surface area contributed by atoms with Crippen LogP contribution in [0, 0.1) is 6.92 Å². The Kier molecular flexibility index (Phi) is 5.84. The Morgan fingerprint density at radius 1 is 1.03 bits per heavy atom. The standard InChI is InChI=1S/C21H28N4O4S/c1-16-7-9-17(10-8-16)25-21(26)20(29-18-5-3-4-6-18)19(15-22-25)23-11-13-24(14-12-23)30(2,27)28/h7-10,15,18H,3-6,11-14H2,1-2H3. The summed E-state index contributed by atoms with van der Waals surface area (Å²) in [4.78, 5) is 15.4.